The van der Waals surface area contributed by atoms with Crippen LogP contribution >= 0.6 is 0 Å². The van der Waals surface area contributed by atoms with Crippen LogP contribution in [0.2, 0.25) is 0 Å². The minimum absolute atomic E-state index is 0.0602. The van der Waals surface area contributed by atoms with Crippen LogP contribution in [-0.2, 0) is 4.79 Å². The van der Waals surface area contributed by atoms with Crippen molar-refractivity contribution in [3.63, 3.8) is 0 Å². The Morgan fingerprint density at radius 1 is 1.04 bits per heavy atom. The van der Waals surface area contributed by atoms with Crippen molar-refractivity contribution in [3.8, 4) is 16.9 Å². The number of amides is 1. The van der Waals surface area contributed by atoms with Gasteiger partial charge in [0.2, 0.25) is 5.91 Å². The minimum atomic E-state index is -0.956. The van der Waals surface area contributed by atoms with Crippen LogP contribution in [0.5, 0.6) is 5.75 Å². The molecule has 1 amide bonds. The molecule has 0 saturated heterocycles. The lowest BCUT2D eigenvalue weighted by Gasteiger charge is -2.18. The Labute approximate surface area is 166 Å². The summed E-state index contributed by atoms with van der Waals surface area (Å²) in [6.45, 7) is 5.70. The number of carboxylic acid groups (broad SMARTS) is 1. The summed E-state index contributed by atoms with van der Waals surface area (Å²) >= 11 is 0. The lowest BCUT2D eigenvalue weighted by Crippen LogP contribution is -2.14. The Balaban J connectivity index is 2.18. The molecule has 0 fully saturated rings. The monoisotopic (exact) mass is 383 g/mol. The minimum Gasteiger partial charge on any atom is -0.489 e. The molecule has 2 N–H and O–H groups in total. The van der Waals surface area contributed by atoms with Gasteiger partial charge in [0.25, 0.3) is 0 Å². The summed E-state index contributed by atoms with van der Waals surface area (Å²) in [5.41, 5.74) is 2.61. The van der Waals surface area contributed by atoms with Crippen LogP contribution in [0.1, 0.15) is 63.2 Å². The lowest BCUT2D eigenvalue weighted by molar-refractivity contribution is -0.114. The molecule has 5 heteroatoms. The summed E-state index contributed by atoms with van der Waals surface area (Å²) in [7, 11) is 0. The molecule has 5 nitrogen and oxygen atoms in total. The molecule has 0 aliphatic heterocycles. The van der Waals surface area contributed by atoms with Crippen molar-refractivity contribution < 1.29 is 19.4 Å². The van der Waals surface area contributed by atoms with Crippen LogP contribution in [0.3, 0.4) is 0 Å². The van der Waals surface area contributed by atoms with Gasteiger partial charge in [0, 0.05) is 6.92 Å². The van der Waals surface area contributed by atoms with Gasteiger partial charge < -0.3 is 15.2 Å². The van der Waals surface area contributed by atoms with Gasteiger partial charge in [0.1, 0.15) is 5.75 Å². The maximum absolute atomic E-state index is 11.6. The second-order valence-electron chi connectivity index (χ2n) is 7.05. The van der Waals surface area contributed by atoms with Gasteiger partial charge in [-0.25, -0.2) is 4.79 Å². The molecule has 0 heterocycles. The molecule has 0 radical (unpaired) electrons. The van der Waals surface area contributed by atoms with Crippen molar-refractivity contribution in [2.75, 3.05) is 5.32 Å². The van der Waals surface area contributed by atoms with Crippen LogP contribution in [0.4, 0.5) is 5.69 Å². The standard InChI is InChI=1S/C23H29NO4/c1-4-5-6-7-8-16(2)28-22-14-13-20(15-21(22)24-17(3)25)18-9-11-19(12-10-18)23(26)27/h9-16H,4-8H2,1-3H3,(H,24,25)(H,26,27)/t16-/m1/s1. The average Bonchev–Trinajstić information content (AvgIpc) is 2.66. The van der Waals surface area contributed by atoms with E-state index in [0.29, 0.717) is 11.4 Å². The Kier molecular flexibility index (Phi) is 8.05. The van der Waals surface area contributed by atoms with E-state index in [1.807, 2.05) is 25.1 Å². The predicted molar refractivity (Wildman–Crippen MR) is 112 cm³/mol. The van der Waals surface area contributed by atoms with E-state index in [4.69, 9.17) is 9.84 Å². The first-order chi connectivity index (χ1) is 13.4. The van der Waals surface area contributed by atoms with Gasteiger partial charge in [0.15, 0.2) is 0 Å². The SMILES string of the molecule is CCCCCC[C@@H](C)Oc1ccc(-c2ccc(C(=O)O)cc2)cc1NC(C)=O. The molecule has 0 saturated carbocycles. The zero-order valence-corrected chi connectivity index (χ0v) is 16.8. The Morgan fingerprint density at radius 2 is 1.71 bits per heavy atom. The predicted octanol–water partition coefficient (Wildman–Crippen LogP) is 5.75. The molecule has 2 rings (SSSR count). The highest BCUT2D eigenvalue weighted by Gasteiger charge is 2.12. The number of carbonyl (C=O) groups is 2. The average molecular weight is 383 g/mol. The highest BCUT2D eigenvalue weighted by Crippen LogP contribution is 2.32. The van der Waals surface area contributed by atoms with Gasteiger partial charge in [-0.3, -0.25) is 4.79 Å². The molecular formula is C23H29NO4. The van der Waals surface area contributed by atoms with Gasteiger partial charge in [-0.05, 0) is 55.2 Å². The number of carbonyl (C=O) groups excluding carboxylic acids is 1. The number of anilines is 1. The number of benzene rings is 2. The lowest BCUT2D eigenvalue weighted by atomic mass is 10.0. The maximum atomic E-state index is 11.6. The first kappa shape index (κ1) is 21.5. The van der Waals surface area contributed by atoms with Gasteiger partial charge in [-0.15, -0.1) is 0 Å². The van der Waals surface area contributed by atoms with Crippen molar-refractivity contribution >= 4 is 17.6 Å². The number of hydrogen-bond acceptors (Lipinski definition) is 3. The molecule has 0 bridgehead atoms. The van der Waals surface area contributed by atoms with E-state index in [-0.39, 0.29) is 17.6 Å². The molecule has 0 unspecified atom stereocenters. The number of rotatable bonds is 10. The highest BCUT2D eigenvalue weighted by molar-refractivity contribution is 5.92. The third-order valence-electron chi connectivity index (χ3n) is 4.55. The first-order valence-corrected chi connectivity index (χ1v) is 9.82. The Morgan fingerprint density at radius 3 is 2.32 bits per heavy atom. The first-order valence-electron chi connectivity index (χ1n) is 9.82. The van der Waals surface area contributed by atoms with E-state index < -0.39 is 5.97 Å². The number of hydrogen-bond donors (Lipinski definition) is 2. The Hall–Kier alpha value is -2.82. The maximum Gasteiger partial charge on any atom is 0.335 e. The van der Waals surface area contributed by atoms with Crippen LogP contribution in [0.25, 0.3) is 11.1 Å². The topological polar surface area (TPSA) is 75.6 Å². The molecule has 2 aromatic rings. The zero-order chi connectivity index (χ0) is 20.5. The number of carboxylic acids is 1. The molecule has 0 aromatic heterocycles. The quantitative estimate of drug-likeness (QED) is 0.512. The molecule has 1 atom stereocenters. The molecular weight excluding hydrogens is 354 g/mol. The van der Waals surface area contributed by atoms with Crippen molar-refractivity contribution in [3.05, 3.63) is 48.0 Å². The van der Waals surface area contributed by atoms with Crippen LogP contribution in [0.15, 0.2) is 42.5 Å². The smallest absolute Gasteiger partial charge is 0.335 e. The molecule has 0 spiro atoms. The second kappa shape index (κ2) is 10.5. The number of aromatic carboxylic acids is 1. The van der Waals surface area contributed by atoms with Crippen LogP contribution in [0, 0.1) is 0 Å². The zero-order valence-electron chi connectivity index (χ0n) is 16.8. The number of unbranched alkanes of at least 4 members (excludes halogenated alkanes) is 3. The fourth-order valence-electron chi connectivity index (χ4n) is 3.04. The van der Waals surface area contributed by atoms with Gasteiger partial charge >= 0.3 is 5.97 Å². The summed E-state index contributed by atoms with van der Waals surface area (Å²) in [6.07, 6.45) is 5.80. The third-order valence-corrected chi connectivity index (χ3v) is 4.55. The molecule has 2 aromatic carbocycles. The van der Waals surface area contributed by atoms with Crippen molar-refractivity contribution in [2.24, 2.45) is 0 Å². The fourth-order valence-corrected chi connectivity index (χ4v) is 3.04. The molecule has 150 valence electrons. The van der Waals surface area contributed by atoms with Gasteiger partial charge in [-0.2, -0.15) is 0 Å². The van der Waals surface area contributed by atoms with Gasteiger partial charge in [-0.1, -0.05) is 44.4 Å². The largest absolute Gasteiger partial charge is 0.489 e. The van der Waals surface area contributed by atoms with E-state index >= 15 is 0 Å². The normalized spacial score (nSPS) is 11.7. The summed E-state index contributed by atoms with van der Waals surface area (Å²) in [4.78, 5) is 22.6. The third kappa shape index (κ3) is 6.41. The van der Waals surface area contributed by atoms with Crippen molar-refractivity contribution in [1.82, 2.24) is 0 Å². The van der Waals surface area contributed by atoms with E-state index in [0.717, 1.165) is 24.0 Å². The van der Waals surface area contributed by atoms with Crippen LogP contribution in [-0.4, -0.2) is 23.1 Å². The highest BCUT2D eigenvalue weighted by atomic mass is 16.5. The van der Waals surface area contributed by atoms with E-state index in [9.17, 15) is 9.59 Å². The summed E-state index contributed by atoms with van der Waals surface area (Å²) in [6, 6.07) is 12.3. The van der Waals surface area contributed by atoms with E-state index in [1.165, 1.54) is 26.2 Å². The molecule has 0 aliphatic carbocycles. The summed E-state index contributed by atoms with van der Waals surface area (Å²) in [5, 5.41) is 11.9. The summed E-state index contributed by atoms with van der Waals surface area (Å²) in [5.74, 6) is -0.481. The Bertz CT molecular complexity index is 799. The number of ether oxygens (including phenoxy) is 1. The number of nitrogens with one attached hydrogen (secondary N) is 1. The molecule has 28 heavy (non-hydrogen) atoms. The van der Waals surface area contributed by atoms with E-state index in [1.54, 1.807) is 24.3 Å². The van der Waals surface area contributed by atoms with Crippen molar-refractivity contribution in [2.45, 2.75) is 59.0 Å². The van der Waals surface area contributed by atoms with Crippen LogP contribution < -0.4 is 10.1 Å². The summed E-state index contributed by atoms with van der Waals surface area (Å²) < 4.78 is 6.08. The fraction of sp³-hybridized carbons (Fsp3) is 0.391. The van der Waals surface area contributed by atoms with E-state index in [2.05, 4.69) is 12.2 Å². The molecule has 0 aliphatic rings. The second-order valence-corrected chi connectivity index (χ2v) is 7.05. The van der Waals surface area contributed by atoms with Gasteiger partial charge in [0.05, 0.1) is 17.4 Å². The van der Waals surface area contributed by atoms with Crippen molar-refractivity contribution in [1.29, 1.82) is 0 Å².